The van der Waals surface area contributed by atoms with Gasteiger partial charge in [-0.2, -0.15) is 17.7 Å². The summed E-state index contributed by atoms with van der Waals surface area (Å²) in [5, 5.41) is 12.3. The average molecular weight is 430 g/mol. The molecule has 3 heterocycles. The Hall–Kier alpha value is -3.40. The van der Waals surface area contributed by atoms with Crippen LogP contribution in [0.25, 0.3) is 28.2 Å². The number of aromatic amines is 1. The van der Waals surface area contributed by atoms with Crippen LogP contribution in [0.15, 0.2) is 39.5 Å². The van der Waals surface area contributed by atoms with Crippen LogP contribution in [0.4, 0.5) is 13.2 Å². The van der Waals surface area contributed by atoms with Crippen molar-refractivity contribution < 1.29 is 22.7 Å². The molecule has 4 aromatic rings. The van der Waals surface area contributed by atoms with Crippen molar-refractivity contribution in [1.29, 1.82) is 0 Å². The summed E-state index contributed by atoms with van der Waals surface area (Å²) in [6, 6.07) is 7.96. The Bertz CT molecular complexity index is 1350. The first-order valence-corrected chi connectivity index (χ1v) is 9.71. The van der Waals surface area contributed by atoms with Crippen LogP contribution < -0.4 is 5.56 Å². The van der Waals surface area contributed by atoms with Gasteiger partial charge in [-0.15, -0.1) is 0 Å². The molecule has 7 nitrogen and oxygen atoms in total. The Kier molecular flexibility index (Phi) is 4.30. The van der Waals surface area contributed by atoms with Crippen molar-refractivity contribution in [2.24, 2.45) is 0 Å². The summed E-state index contributed by atoms with van der Waals surface area (Å²) < 4.78 is 47.9. The van der Waals surface area contributed by atoms with Crippen LogP contribution >= 0.6 is 0 Å². The maximum absolute atomic E-state index is 13.8. The molecule has 5 rings (SSSR count). The van der Waals surface area contributed by atoms with Crippen molar-refractivity contribution in [1.82, 2.24) is 19.6 Å². The van der Waals surface area contributed by atoms with E-state index in [0.717, 1.165) is 4.52 Å². The molecule has 0 saturated carbocycles. The van der Waals surface area contributed by atoms with Gasteiger partial charge in [0.2, 0.25) is 5.89 Å². The normalized spacial score (nSPS) is 16.6. The Balaban J connectivity index is 1.79. The van der Waals surface area contributed by atoms with Gasteiger partial charge in [-0.1, -0.05) is 30.3 Å². The fourth-order valence-electron chi connectivity index (χ4n) is 4.01. The van der Waals surface area contributed by atoms with E-state index in [-0.39, 0.29) is 33.9 Å². The summed E-state index contributed by atoms with van der Waals surface area (Å²) in [5.74, 6) is 0.421. The van der Waals surface area contributed by atoms with E-state index >= 15 is 0 Å². The second-order valence-electron chi connectivity index (χ2n) is 7.50. The van der Waals surface area contributed by atoms with Crippen LogP contribution in [-0.2, 0) is 12.6 Å². The highest BCUT2D eigenvalue weighted by Crippen LogP contribution is 2.39. The second kappa shape index (κ2) is 6.81. The van der Waals surface area contributed by atoms with Gasteiger partial charge in [0.15, 0.2) is 5.65 Å². The largest absolute Gasteiger partial charge is 0.440 e. The maximum Gasteiger partial charge on any atom is 0.433 e. The highest BCUT2D eigenvalue weighted by atomic mass is 19.4. The summed E-state index contributed by atoms with van der Waals surface area (Å²) in [5.41, 5.74) is -1.40. The Morgan fingerprint density at radius 2 is 1.94 bits per heavy atom. The molecule has 0 radical (unpaired) electrons. The van der Waals surface area contributed by atoms with Crippen molar-refractivity contribution >= 4 is 5.65 Å². The predicted octanol–water partition coefficient (Wildman–Crippen LogP) is 4.04. The first kappa shape index (κ1) is 19.6. The molecule has 31 heavy (non-hydrogen) atoms. The van der Waals surface area contributed by atoms with E-state index in [2.05, 4.69) is 15.1 Å². The van der Waals surface area contributed by atoms with Gasteiger partial charge in [0, 0.05) is 6.42 Å². The molecule has 3 aromatic heterocycles. The molecule has 1 aromatic carbocycles. The lowest BCUT2D eigenvalue weighted by Gasteiger charge is -2.13. The number of benzene rings is 1. The quantitative estimate of drug-likeness (QED) is 0.500. The number of nitrogens with zero attached hydrogens (tertiary/aromatic N) is 3. The van der Waals surface area contributed by atoms with Gasteiger partial charge >= 0.3 is 6.18 Å². The van der Waals surface area contributed by atoms with Crippen LogP contribution in [0.3, 0.4) is 0 Å². The molecule has 0 bridgehead atoms. The highest BCUT2D eigenvalue weighted by molar-refractivity contribution is 5.81. The van der Waals surface area contributed by atoms with Gasteiger partial charge in [0.05, 0.1) is 17.4 Å². The second-order valence-corrected chi connectivity index (χ2v) is 7.50. The molecule has 160 valence electrons. The first-order valence-electron chi connectivity index (χ1n) is 9.71. The van der Waals surface area contributed by atoms with Crippen molar-refractivity contribution in [3.05, 3.63) is 63.5 Å². The van der Waals surface area contributed by atoms with E-state index in [0.29, 0.717) is 30.7 Å². The standard InChI is InChI=1S/C21H17F3N4O3/c1-10-14(19-26-16-12(29)8-5-9-13(16)31-19)20(30)28-18(25-10)15(11-6-3-2-4-7-11)17(27-28)21(22,23)24/h2-4,6-7,12,27,29H,5,8-9H2,1H3. The van der Waals surface area contributed by atoms with Crippen molar-refractivity contribution in [2.45, 2.75) is 38.5 Å². The number of fused-ring (bicyclic) bond motifs is 2. The summed E-state index contributed by atoms with van der Waals surface area (Å²) in [4.78, 5) is 21.8. The third kappa shape index (κ3) is 3.05. The maximum atomic E-state index is 13.8. The summed E-state index contributed by atoms with van der Waals surface area (Å²) in [7, 11) is 0. The van der Waals surface area contributed by atoms with Crippen LogP contribution in [0.2, 0.25) is 0 Å². The first-order chi connectivity index (χ1) is 14.8. The zero-order chi connectivity index (χ0) is 21.9. The average Bonchev–Trinajstić information content (AvgIpc) is 3.31. The van der Waals surface area contributed by atoms with Crippen molar-refractivity contribution in [3.8, 4) is 22.6 Å². The number of nitrogens with one attached hydrogen (secondary N) is 1. The molecule has 1 aliphatic carbocycles. The number of rotatable bonds is 2. The van der Waals surface area contributed by atoms with Gasteiger partial charge in [-0.3, -0.25) is 9.89 Å². The molecule has 10 heteroatoms. The van der Waals surface area contributed by atoms with Gasteiger partial charge in [0.25, 0.3) is 5.56 Å². The molecular weight excluding hydrogens is 413 g/mol. The molecule has 0 aliphatic heterocycles. The molecular formula is C21H17F3N4O3. The molecule has 0 fully saturated rings. The Morgan fingerprint density at radius 1 is 1.19 bits per heavy atom. The van der Waals surface area contributed by atoms with Gasteiger partial charge in [-0.05, 0) is 25.3 Å². The third-order valence-electron chi connectivity index (χ3n) is 5.45. The van der Waals surface area contributed by atoms with Gasteiger partial charge in [0.1, 0.15) is 22.7 Å². The lowest BCUT2D eigenvalue weighted by atomic mass is 9.99. The number of oxazole rings is 1. The fraction of sp³-hybridized carbons (Fsp3) is 0.286. The van der Waals surface area contributed by atoms with E-state index < -0.39 is 23.5 Å². The third-order valence-corrected chi connectivity index (χ3v) is 5.45. The van der Waals surface area contributed by atoms with E-state index in [1.807, 2.05) is 0 Å². The van der Waals surface area contributed by atoms with Crippen molar-refractivity contribution in [2.75, 3.05) is 0 Å². The zero-order valence-corrected chi connectivity index (χ0v) is 16.3. The molecule has 1 unspecified atom stereocenters. The fourth-order valence-corrected chi connectivity index (χ4v) is 4.01. The number of H-pyrrole nitrogens is 1. The molecule has 1 atom stereocenters. The van der Waals surface area contributed by atoms with Crippen LogP contribution in [0, 0.1) is 6.92 Å². The molecule has 2 N–H and O–H groups in total. The summed E-state index contributed by atoms with van der Waals surface area (Å²) in [6.07, 6.45) is -3.72. The van der Waals surface area contributed by atoms with Gasteiger partial charge < -0.3 is 9.52 Å². The smallest absolute Gasteiger partial charge is 0.433 e. The molecule has 1 aliphatic rings. The predicted molar refractivity (Wildman–Crippen MR) is 104 cm³/mol. The number of alkyl halides is 3. The summed E-state index contributed by atoms with van der Waals surface area (Å²) in [6.45, 7) is 1.52. The number of hydrogen-bond acceptors (Lipinski definition) is 5. The Labute approximate surface area is 173 Å². The number of halogens is 3. The number of aliphatic hydroxyl groups is 1. The summed E-state index contributed by atoms with van der Waals surface area (Å²) >= 11 is 0. The van der Waals surface area contributed by atoms with Gasteiger partial charge in [-0.25, -0.2) is 9.97 Å². The Morgan fingerprint density at radius 3 is 2.61 bits per heavy atom. The zero-order valence-electron chi connectivity index (χ0n) is 16.3. The molecule has 0 spiro atoms. The number of aliphatic hydroxyl groups excluding tert-OH is 1. The molecule has 0 saturated heterocycles. The number of hydrogen-bond donors (Lipinski definition) is 2. The minimum atomic E-state index is -4.73. The molecule has 0 amide bonds. The van der Waals surface area contributed by atoms with Crippen molar-refractivity contribution in [3.63, 3.8) is 0 Å². The van der Waals surface area contributed by atoms with E-state index in [9.17, 15) is 23.1 Å². The number of aryl methyl sites for hydroxylation is 2. The highest BCUT2D eigenvalue weighted by Gasteiger charge is 2.38. The monoisotopic (exact) mass is 430 g/mol. The topological polar surface area (TPSA) is 96.4 Å². The van der Waals surface area contributed by atoms with E-state index in [1.54, 1.807) is 18.2 Å². The minimum Gasteiger partial charge on any atom is -0.440 e. The van der Waals surface area contributed by atoms with E-state index in [1.165, 1.54) is 19.1 Å². The SMILES string of the molecule is Cc1nc2c(-c3ccccc3)c(C(F)(F)F)[nH]n2c(=O)c1-c1nc2c(o1)CCCC2O. The lowest BCUT2D eigenvalue weighted by molar-refractivity contribution is -0.140. The van der Waals surface area contributed by atoms with Crippen LogP contribution in [0.5, 0.6) is 0 Å². The lowest BCUT2D eigenvalue weighted by Crippen LogP contribution is -2.20. The van der Waals surface area contributed by atoms with Crippen LogP contribution in [-0.4, -0.2) is 24.7 Å². The van der Waals surface area contributed by atoms with Crippen LogP contribution in [0.1, 0.15) is 41.8 Å². The number of aromatic nitrogens is 4. The van der Waals surface area contributed by atoms with E-state index in [4.69, 9.17) is 4.42 Å². The minimum absolute atomic E-state index is 0.0475.